The molecule has 2 rings (SSSR count). The fourth-order valence-electron chi connectivity index (χ4n) is 1.59. The van der Waals surface area contributed by atoms with Crippen molar-refractivity contribution in [2.24, 2.45) is 0 Å². The van der Waals surface area contributed by atoms with E-state index in [0.717, 1.165) is 23.8 Å². The van der Waals surface area contributed by atoms with Crippen molar-refractivity contribution >= 4 is 17.0 Å². The monoisotopic (exact) mass is 233 g/mol. The summed E-state index contributed by atoms with van der Waals surface area (Å²) in [5.74, 6) is 0. The number of nitrogens with zero attached hydrogens (tertiary/aromatic N) is 2. The van der Waals surface area contributed by atoms with E-state index in [4.69, 9.17) is 5.73 Å². The van der Waals surface area contributed by atoms with Crippen molar-refractivity contribution in [2.45, 2.75) is 13.1 Å². The first-order valence-electron chi connectivity index (χ1n) is 5.16. The molecule has 0 amide bonds. The molecule has 0 bridgehead atoms. The Morgan fingerprint density at radius 1 is 1.31 bits per heavy atom. The number of hydrogen-bond acceptors (Lipinski definition) is 4. The lowest BCUT2D eigenvalue weighted by Gasteiger charge is -2.16. The van der Waals surface area contributed by atoms with Gasteiger partial charge in [-0.15, -0.1) is 11.3 Å². The molecule has 3 nitrogen and oxygen atoms in total. The fraction of sp³-hybridized carbons (Fsp3) is 0.250. The molecule has 2 N–H and O–H groups in total. The molecule has 1 aromatic carbocycles. The number of thiazole rings is 1. The summed E-state index contributed by atoms with van der Waals surface area (Å²) in [6.07, 6.45) is 1.84. The van der Waals surface area contributed by atoms with Gasteiger partial charge in [0.1, 0.15) is 5.01 Å². The highest BCUT2D eigenvalue weighted by atomic mass is 32.1. The van der Waals surface area contributed by atoms with E-state index in [2.05, 4.69) is 23.0 Å². The molecule has 1 aromatic heterocycles. The van der Waals surface area contributed by atoms with Gasteiger partial charge in [0.2, 0.25) is 0 Å². The van der Waals surface area contributed by atoms with E-state index in [1.807, 2.05) is 29.8 Å². The van der Waals surface area contributed by atoms with Crippen LogP contribution < -0.4 is 5.73 Å². The van der Waals surface area contributed by atoms with Crippen LogP contribution in [0.1, 0.15) is 10.6 Å². The Hall–Kier alpha value is -1.39. The number of benzene rings is 1. The summed E-state index contributed by atoms with van der Waals surface area (Å²) in [5, 5.41) is 3.14. The molecule has 16 heavy (non-hydrogen) atoms. The molecule has 1 heterocycles. The minimum Gasteiger partial charge on any atom is -0.398 e. The molecular formula is C12H15N3S. The van der Waals surface area contributed by atoms with E-state index >= 15 is 0 Å². The molecule has 2 aromatic rings. The van der Waals surface area contributed by atoms with Gasteiger partial charge in [0, 0.05) is 23.8 Å². The summed E-state index contributed by atoms with van der Waals surface area (Å²) in [5.41, 5.74) is 7.93. The molecule has 0 atom stereocenters. The van der Waals surface area contributed by atoms with Crippen LogP contribution in [0.15, 0.2) is 35.8 Å². The van der Waals surface area contributed by atoms with Gasteiger partial charge in [-0.25, -0.2) is 4.98 Å². The third-order valence-electron chi connectivity index (χ3n) is 2.38. The molecule has 0 spiro atoms. The van der Waals surface area contributed by atoms with Crippen LogP contribution in [0.5, 0.6) is 0 Å². The largest absolute Gasteiger partial charge is 0.398 e. The second kappa shape index (κ2) is 5.09. The SMILES string of the molecule is CN(Cc1nccs1)Cc1ccccc1N. The number of hydrogen-bond donors (Lipinski definition) is 1. The van der Waals surface area contributed by atoms with Gasteiger partial charge in [-0.1, -0.05) is 18.2 Å². The lowest BCUT2D eigenvalue weighted by molar-refractivity contribution is 0.319. The van der Waals surface area contributed by atoms with Crippen molar-refractivity contribution in [3.05, 3.63) is 46.4 Å². The van der Waals surface area contributed by atoms with Crippen LogP contribution in [-0.4, -0.2) is 16.9 Å². The topological polar surface area (TPSA) is 42.2 Å². The van der Waals surface area contributed by atoms with Crippen LogP contribution in [0.4, 0.5) is 5.69 Å². The highest BCUT2D eigenvalue weighted by Gasteiger charge is 2.05. The zero-order valence-corrected chi connectivity index (χ0v) is 10.1. The normalized spacial score (nSPS) is 10.9. The van der Waals surface area contributed by atoms with Crippen molar-refractivity contribution in [3.8, 4) is 0 Å². The number of aromatic nitrogens is 1. The molecule has 0 saturated carbocycles. The third kappa shape index (κ3) is 2.81. The zero-order valence-electron chi connectivity index (χ0n) is 9.26. The van der Waals surface area contributed by atoms with Crippen molar-refractivity contribution < 1.29 is 0 Å². The standard InChI is InChI=1S/C12H15N3S/c1-15(9-12-14-6-7-16-12)8-10-4-2-3-5-11(10)13/h2-7H,8-9,13H2,1H3. The quantitative estimate of drug-likeness (QED) is 0.824. The van der Waals surface area contributed by atoms with Gasteiger partial charge in [-0.05, 0) is 18.7 Å². The van der Waals surface area contributed by atoms with Crippen LogP contribution in [0.25, 0.3) is 0 Å². The van der Waals surface area contributed by atoms with Gasteiger partial charge in [0.15, 0.2) is 0 Å². The van der Waals surface area contributed by atoms with Crippen molar-refractivity contribution in [1.82, 2.24) is 9.88 Å². The minimum atomic E-state index is 0.853. The lowest BCUT2D eigenvalue weighted by Crippen LogP contribution is -2.17. The van der Waals surface area contributed by atoms with Crippen molar-refractivity contribution in [2.75, 3.05) is 12.8 Å². The summed E-state index contributed by atoms with van der Waals surface area (Å²) in [7, 11) is 2.08. The van der Waals surface area contributed by atoms with Crippen LogP contribution in [0.2, 0.25) is 0 Å². The van der Waals surface area contributed by atoms with Crippen molar-refractivity contribution in [1.29, 1.82) is 0 Å². The first-order valence-corrected chi connectivity index (χ1v) is 6.04. The maximum Gasteiger partial charge on any atom is 0.107 e. The average Bonchev–Trinajstić information content (AvgIpc) is 2.74. The molecule has 0 aliphatic heterocycles. The maximum atomic E-state index is 5.90. The molecule has 0 unspecified atom stereocenters. The Bertz CT molecular complexity index is 439. The summed E-state index contributed by atoms with van der Waals surface area (Å²) < 4.78 is 0. The molecule has 0 aliphatic carbocycles. The summed E-state index contributed by atoms with van der Waals surface area (Å²) in [6.45, 7) is 1.72. The van der Waals surface area contributed by atoms with E-state index in [-0.39, 0.29) is 0 Å². The van der Waals surface area contributed by atoms with Gasteiger partial charge in [-0.3, -0.25) is 4.90 Å². The van der Waals surface area contributed by atoms with Crippen LogP contribution in [-0.2, 0) is 13.1 Å². The van der Waals surface area contributed by atoms with Crippen LogP contribution in [0.3, 0.4) is 0 Å². The number of anilines is 1. The Morgan fingerprint density at radius 2 is 2.12 bits per heavy atom. The maximum absolute atomic E-state index is 5.90. The summed E-state index contributed by atoms with van der Waals surface area (Å²) in [4.78, 5) is 6.48. The molecule has 4 heteroatoms. The first kappa shape index (κ1) is 11.1. The van der Waals surface area contributed by atoms with Gasteiger partial charge >= 0.3 is 0 Å². The second-order valence-corrected chi connectivity index (χ2v) is 4.78. The molecule has 84 valence electrons. The van der Waals surface area contributed by atoms with E-state index in [1.165, 1.54) is 5.56 Å². The number of rotatable bonds is 4. The second-order valence-electron chi connectivity index (χ2n) is 3.80. The van der Waals surface area contributed by atoms with E-state index in [0.29, 0.717) is 0 Å². The van der Waals surface area contributed by atoms with Crippen molar-refractivity contribution in [3.63, 3.8) is 0 Å². The van der Waals surface area contributed by atoms with Gasteiger partial charge in [-0.2, -0.15) is 0 Å². The minimum absolute atomic E-state index is 0.853. The highest BCUT2D eigenvalue weighted by Crippen LogP contribution is 2.14. The fourth-order valence-corrected chi connectivity index (χ4v) is 2.28. The smallest absolute Gasteiger partial charge is 0.107 e. The van der Waals surface area contributed by atoms with Gasteiger partial charge in [0.25, 0.3) is 0 Å². The predicted octanol–water partition coefficient (Wildman–Crippen LogP) is 2.36. The van der Waals surface area contributed by atoms with Gasteiger partial charge < -0.3 is 5.73 Å². The Kier molecular flexibility index (Phi) is 3.54. The highest BCUT2D eigenvalue weighted by molar-refractivity contribution is 7.09. The lowest BCUT2D eigenvalue weighted by atomic mass is 10.2. The third-order valence-corrected chi connectivity index (χ3v) is 3.15. The average molecular weight is 233 g/mol. The summed E-state index contributed by atoms with van der Waals surface area (Å²) >= 11 is 1.68. The van der Waals surface area contributed by atoms with Crippen LogP contribution >= 0.6 is 11.3 Å². The van der Waals surface area contributed by atoms with E-state index in [9.17, 15) is 0 Å². The van der Waals surface area contributed by atoms with E-state index in [1.54, 1.807) is 11.3 Å². The Balaban J connectivity index is 1.97. The molecule has 0 saturated heterocycles. The Morgan fingerprint density at radius 3 is 2.81 bits per heavy atom. The van der Waals surface area contributed by atoms with E-state index < -0.39 is 0 Å². The molecule has 0 fully saturated rings. The molecule has 0 radical (unpaired) electrons. The van der Waals surface area contributed by atoms with Crippen LogP contribution in [0, 0.1) is 0 Å². The molecular weight excluding hydrogens is 218 g/mol. The number of nitrogen functional groups attached to an aromatic ring is 1. The number of nitrogens with two attached hydrogens (primary N) is 1. The number of para-hydroxylation sites is 1. The summed E-state index contributed by atoms with van der Waals surface area (Å²) in [6, 6.07) is 7.98. The Labute approximate surface area is 99.5 Å². The first-order chi connectivity index (χ1) is 7.75. The van der Waals surface area contributed by atoms with Gasteiger partial charge in [0.05, 0.1) is 6.54 Å². The molecule has 0 aliphatic rings. The predicted molar refractivity (Wildman–Crippen MR) is 68.1 cm³/mol. The zero-order chi connectivity index (χ0) is 11.4.